The summed E-state index contributed by atoms with van der Waals surface area (Å²) in [7, 11) is 0. The maximum atomic E-state index is 6.37. The number of aryl methyl sites for hydroxylation is 1. The Balaban J connectivity index is 2.06. The van der Waals surface area contributed by atoms with Crippen LogP contribution >= 0.6 is 11.6 Å². The van der Waals surface area contributed by atoms with Crippen LogP contribution in [0.4, 0.5) is 11.4 Å². The zero-order valence-electron chi connectivity index (χ0n) is 11.2. The zero-order valence-corrected chi connectivity index (χ0v) is 11.9. The van der Waals surface area contributed by atoms with Gasteiger partial charge in [-0.3, -0.25) is 0 Å². The second-order valence-corrected chi connectivity index (χ2v) is 5.38. The van der Waals surface area contributed by atoms with Gasteiger partial charge in [-0.25, -0.2) is 0 Å². The first-order valence-corrected chi connectivity index (χ1v) is 6.82. The summed E-state index contributed by atoms with van der Waals surface area (Å²) in [6, 6.07) is 11.7. The van der Waals surface area contributed by atoms with Crippen molar-refractivity contribution in [2.24, 2.45) is 5.73 Å². The summed E-state index contributed by atoms with van der Waals surface area (Å²) in [6.45, 7) is 2.00. The molecule has 3 nitrogen and oxygen atoms in total. The SMILES string of the molecule is Cc1ccc2c(c1N)C=CN(c1cccc(Cl)c1)C2N. The normalized spacial score (nSPS) is 17.1. The van der Waals surface area contributed by atoms with Crippen LogP contribution in [0.15, 0.2) is 42.6 Å². The van der Waals surface area contributed by atoms with Crippen LogP contribution < -0.4 is 16.4 Å². The summed E-state index contributed by atoms with van der Waals surface area (Å²) in [5.41, 5.74) is 17.4. The van der Waals surface area contributed by atoms with Crippen LogP contribution in [-0.4, -0.2) is 0 Å². The number of nitrogens with two attached hydrogens (primary N) is 2. The highest BCUT2D eigenvalue weighted by atomic mass is 35.5. The van der Waals surface area contributed by atoms with Crippen molar-refractivity contribution in [2.75, 3.05) is 10.6 Å². The number of halogens is 1. The third-order valence-electron chi connectivity index (χ3n) is 3.67. The van der Waals surface area contributed by atoms with Gasteiger partial charge in [0.2, 0.25) is 0 Å². The average Bonchev–Trinajstić information content (AvgIpc) is 2.43. The van der Waals surface area contributed by atoms with Gasteiger partial charge in [0.25, 0.3) is 0 Å². The van der Waals surface area contributed by atoms with Gasteiger partial charge in [0.1, 0.15) is 6.17 Å². The van der Waals surface area contributed by atoms with Crippen molar-refractivity contribution in [3.63, 3.8) is 0 Å². The minimum absolute atomic E-state index is 0.267. The van der Waals surface area contributed by atoms with Gasteiger partial charge in [-0.05, 0) is 42.3 Å². The quantitative estimate of drug-likeness (QED) is 0.786. The molecule has 4 N–H and O–H groups in total. The first-order valence-electron chi connectivity index (χ1n) is 6.44. The Morgan fingerprint density at radius 1 is 1.20 bits per heavy atom. The lowest BCUT2D eigenvalue weighted by atomic mass is 9.96. The van der Waals surface area contributed by atoms with Crippen LogP contribution in [-0.2, 0) is 0 Å². The van der Waals surface area contributed by atoms with Crippen molar-refractivity contribution in [2.45, 2.75) is 13.1 Å². The van der Waals surface area contributed by atoms with Gasteiger partial charge in [0, 0.05) is 28.2 Å². The lowest BCUT2D eigenvalue weighted by molar-refractivity contribution is 0.723. The topological polar surface area (TPSA) is 55.3 Å². The summed E-state index contributed by atoms with van der Waals surface area (Å²) in [6.07, 6.45) is 3.69. The zero-order chi connectivity index (χ0) is 14.3. The standard InChI is InChI=1S/C16H16ClN3/c1-10-5-6-14-13(15(10)18)7-8-20(16(14)19)12-4-2-3-11(17)9-12/h2-9,16H,18-19H2,1H3. The van der Waals surface area contributed by atoms with Crippen LogP contribution in [0.2, 0.25) is 5.02 Å². The Labute approximate surface area is 123 Å². The Bertz CT molecular complexity index is 694. The molecule has 1 aliphatic heterocycles. The van der Waals surface area contributed by atoms with Gasteiger partial charge in [-0.15, -0.1) is 0 Å². The van der Waals surface area contributed by atoms with E-state index in [0.717, 1.165) is 28.1 Å². The lowest BCUT2D eigenvalue weighted by Crippen LogP contribution is -2.33. The van der Waals surface area contributed by atoms with Crippen molar-refractivity contribution in [1.29, 1.82) is 0 Å². The summed E-state index contributed by atoms with van der Waals surface area (Å²) in [5, 5.41) is 0.692. The van der Waals surface area contributed by atoms with Crippen LogP contribution in [0.3, 0.4) is 0 Å². The third kappa shape index (κ3) is 2.05. The van der Waals surface area contributed by atoms with Crippen molar-refractivity contribution < 1.29 is 0 Å². The van der Waals surface area contributed by atoms with Crippen molar-refractivity contribution in [3.05, 3.63) is 64.3 Å². The van der Waals surface area contributed by atoms with E-state index in [9.17, 15) is 0 Å². The largest absolute Gasteiger partial charge is 0.398 e. The Kier molecular flexibility index (Phi) is 3.16. The highest BCUT2D eigenvalue weighted by Gasteiger charge is 2.22. The first kappa shape index (κ1) is 13.0. The molecule has 1 heterocycles. The molecule has 0 aromatic heterocycles. The summed E-state index contributed by atoms with van der Waals surface area (Å²) in [5.74, 6) is 0. The van der Waals surface area contributed by atoms with E-state index >= 15 is 0 Å². The molecule has 0 radical (unpaired) electrons. The van der Waals surface area contributed by atoms with Gasteiger partial charge in [-0.1, -0.05) is 29.8 Å². The number of hydrogen-bond acceptors (Lipinski definition) is 3. The fourth-order valence-electron chi connectivity index (χ4n) is 2.49. The third-order valence-corrected chi connectivity index (χ3v) is 3.90. The fraction of sp³-hybridized carbons (Fsp3) is 0.125. The predicted molar refractivity (Wildman–Crippen MR) is 85.5 cm³/mol. The second-order valence-electron chi connectivity index (χ2n) is 4.95. The van der Waals surface area contributed by atoms with E-state index in [1.54, 1.807) is 0 Å². The maximum absolute atomic E-state index is 6.37. The molecule has 0 saturated heterocycles. The molecule has 4 heteroatoms. The summed E-state index contributed by atoms with van der Waals surface area (Å²) < 4.78 is 0. The number of fused-ring (bicyclic) bond motifs is 1. The number of benzene rings is 2. The predicted octanol–water partition coefficient (Wildman–Crippen LogP) is 3.68. The highest BCUT2D eigenvalue weighted by molar-refractivity contribution is 6.30. The number of rotatable bonds is 1. The second kappa shape index (κ2) is 4.85. The van der Waals surface area contributed by atoms with E-state index in [-0.39, 0.29) is 6.17 Å². The van der Waals surface area contributed by atoms with Gasteiger partial charge < -0.3 is 16.4 Å². The van der Waals surface area contributed by atoms with Gasteiger partial charge in [-0.2, -0.15) is 0 Å². The molecule has 0 amide bonds. The number of nitrogens with zero attached hydrogens (tertiary/aromatic N) is 1. The highest BCUT2D eigenvalue weighted by Crippen LogP contribution is 2.35. The molecule has 2 aromatic carbocycles. The molecule has 2 aromatic rings. The number of anilines is 2. The lowest BCUT2D eigenvalue weighted by Gasteiger charge is -2.33. The fourth-order valence-corrected chi connectivity index (χ4v) is 2.67. The average molecular weight is 286 g/mol. The molecule has 102 valence electrons. The molecule has 3 rings (SSSR count). The molecule has 0 spiro atoms. The molecular formula is C16H16ClN3. The van der Waals surface area contributed by atoms with Crippen LogP contribution in [0.25, 0.3) is 6.08 Å². The Morgan fingerprint density at radius 2 is 2.00 bits per heavy atom. The molecular weight excluding hydrogens is 270 g/mol. The summed E-state index contributed by atoms with van der Waals surface area (Å²) >= 11 is 6.05. The van der Waals surface area contributed by atoms with Crippen LogP contribution in [0.1, 0.15) is 22.9 Å². The van der Waals surface area contributed by atoms with Crippen LogP contribution in [0.5, 0.6) is 0 Å². The number of hydrogen-bond donors (Lipinski definition) is 2. The van der Waals surface area contributed by atoms with E-state index in [4.69, 9.17) is 23.1 Å². The Morgan fingerprint density at radius 3 is 2.75 bits per heavy atom. The van der Waals surface area contributed by atoms with Crippen LogP contribution in [0, 0.1) is 6.92 Å². The van der Waals surface area contributed by atoms with Crippen molar-refractivity contribution in [1.82, 2.24) is 0 Å². The van der Waals surface area contributed by atoms with E-state index in [1.807, 2.05) is 60.5 Å². The molecule has 0 aliphatic carbocycles. The first-order chi connectivity index (χ1) is 9.58. The van der Waals surface area contributed by atoms with E-state index in [2.05, 4.69) is 0 Å². The molecule has 0 saturated carbocycles. The molecule has 1 unspecified atom stereocenters. The molecule has 0 bridgehead atoms. The molecule has 0 fully saturated rings. The van der Waals surface area contributed by atoms with E-state index in [1.165, 1.54) is 0 Å². The molecule has 1 aliphatic rings. The number of nitrogen functional groups attached to an aromatic ring is 1. The van der Waals surface area contributed by atoms with Gasteiger partial charge in [0.15, 0.2) is 0 Å². The van der Waals surface area contributed by atoms with E-state index < -0.39 is 0 Å². The maximum Gasteiger partial charge on any atom is 0.108 e. The minimum Gasteiger partial charge on any atom is -0.398 e. The summed E-state index contributed by atoms with van der Waals surface area (Å²) in [4.78, 5) is 1.99. The molecule has 20 heavy (non-hydrogen) atoms. The van der Waals surface area contributed by atoms with Crippen molar-refractivity contribution in [3.8, 4) is 0 Å². The monoisotopic (exact) mass is 285 g/mol. The minimum atomic E-state index is -0.267. The van der Waals surface area contributed by atoms with Crippen molar-refractivity contribution >= 4 is 29.1 Å². The smallest absolute Gasteiger partial charge is 0.108 e. The van der Waals surface area contributed by atoms with E-state index in [0.29, 0.717) is 5.02 Å². The Hall–Kier alpha value is -1.97. The molecule has 1 atom stereocenters. The van der Waals surface area contributed by atoms with Gasteiger partial charge >= 0.3 is 0 Å². The van der Waals surface area contributed by atoms with Gasteiger partial charge in [0.05, 0.1) is 0 Å².